The van der Waals surface area contributed by atoms with Gasteiger partial charge in [0.05, 0.1) is 12.6 Å². The highest BCUT2D eigenvalue weighted by Crippen LogP contribution is 2.06. The summed E-state index contributed by atoms with van der Waals surface area (Å²) in [6, 6.07) is -0.690. The molecule has 1 unspecified atom stereocenters. The second-order valence-corrected chi connectivity index (χ2v) is 11.1. The topological polar surface area (TPSA) is 720 Å². The van der Waals surface area contributed by atoms with E-state index in [1.165, 1.54) is 6.92 Å². The fourth-order valence-electron chi connectivity index (χ4n) is 0.933. The molecule has 0 radical (unpaired) electrons. The number of nitrogens with one attached hydrogen (secondary N) is 1. The van der Waals surface area contributed by atoms with Crippen LogP contribution in [0.2, 0.25) is 7.06 Å². The molecule has 0 bridgehead atoms. The predicted octanol–water partition coefficient (Wildman–Crippen LogP) is -15.3. The van der Waals surface area contributed by atoms with Crippen LogP contribution >= 0.6 is 0 Å². The van der Waals surface area contributed by atoms with Gasteiger partial charge in [-0.15, -0.1) is 0 Å². The van der Waals surface area contributed by atoms with Crippen molar-refractivity contribution >= 4 is 85.9 Å². The van der Waals surface area contributed by atoms with Gasteiger partial charge in [0.1, 0.15) is 51.4 Å². The van der Waals surface area contributed by atoms with Crippen LogP contribution in [0.15, 0.2) is 5.16 Å². The molecule has 0 aromatic carbocycles. The first kappa shape index (κ1) is 72.4. The molecule has 380 valence electrons. The Kier molecular flexibility index (Phi) is 80.7. The molecular weight excluding hydrogens is 1010 g/mol. The van der Waals surface area contributed by atoms with Gasteiger partial charge in [-0.05, 0) is 20.8 Å². The minimum atomic E-state index is -5.94. The maximum atomic E-state index is 10.9. The molecular formula is C26H61IN12O25+2. The van der Waals surface area contributed by atoms with Gasteiger partial charge in [-0.2, -0.15) is 5.48 Å². The van der Waals surface area contributed by atoms with E-state index < -0.39 is 80.6 Å². The molecule has 38 heteroatoms. The lowest BCUT2D eigenvalue weighted by Crippen LogP contribution is -4.29. The number of halogens is 1. The van der Waals surface area contributed by atoms with Gasteiger partial charge in [-0.3, -0.25) is 81.0 Å². The number of amides is 5. The number of aldehydes is 5. The largest absolute Gasteiger partial charge is 0.479 e. The second kappa shape index (κ2) is 71.4. The van der Waals surface area contributed by atoms with Crippen LogP contribution in [0.5, 0.6) is 0 Å². The molecule has 0 aromatic rings. The van der Waals surface area contributed by atoms with Crippen LogP contribution < -0.4 is 97.9 Å². The van der Waals surface area contributed by atoms with E-state index in [0.29, 0.717) is 6.29 Å². The maximum absolute atomic E-state index is 10.9. The van der Waals surface area contributed by atoms with Gasteiger partial charge in [0, 0.05) is 6.92 Å². The first-order valence-electron chi connectivity index (χ1n) is 17.0. The molecule has 0 aliphatic rings. The Bertz CT molecular complexity index is 1270. The monoisotopic (exact) mass is 1070 g/mol. The van der Waals surface area contributed by atoms with Crippen LogP contribution in [0.4, 0.5) is 4.79 Å². The fourth-order valence-corrected chi connectivity index (χ4v) is 0.933. The molecule has 1 atom stereocenters. The van der Waals surface area contributed by atoms with Crippen molar-refractivity contribution in [2.75, 3.05) is 39.6 Å². The number of nitrogens with zero attached hydrogens (tertiary/aromatic N) is 1. The SMILES string of the molecule is C=[OH+].NC(C=O)CO.NOCC(=O)O.O=CC=O.O=CC=O.[2H]NC(=O)CO/N=C/C(C)=O.[2H]NC(=O)CON.[2H]NC(=O)CON.[2H]NC(=O)CONC(=O)OC(C)(C)C.[2H][NH3+].[NH4+].[O-][I+3]([O-])([O-])[O-]. The summed E-state index contributed by atoms with van der Waals surface area (Å²) < 4.78 is 69.9. The number of ketones is 1. The highest BCUT2D eigenvalue weighted by molar-refractivity contribution is 6.26. The van der Waals surface area contributed by atoms with Crippen molar-refractivity contribution in [3.05, 3.63) is 0 Å². The van der Waals surface area contributed by atoms with Crippen LogP contribution in [-0.2, 0) is 81.7 Å². The molecule has 0 rings (SSSR count). The Hall–Kier alpha value is -6.09. The number of nitrogens with two attached hydrogens (primary N) is 8. The van der Waals surface area contributed by atoms with Crippen LogP contribution in [0.1, 0.15) is 27.7 Å². The Morgan fingerprint density at radius 3 is 1.28 bits per heavy atom. The lowest BCUT2D eigenvalue weighted by atomic mass is 10.2. The van der Waals surface area contributed by atoms with Crippen LogP contribution in [0.3, 0.4) is 0 Å². The predicted molar refractivity (Wildman–Crippen MR) is 202 cm³/mol. The molecule has 0 saturated carbocycles. The Morgan fingerprint density at radius 2 is 1.09 bits per heavy atom. The molecule has 0 spiro atoms. The number of carbonyl (C=O) groups is 12. The number of ether oxygens (including phenoxy) is 1. The summed E-state index contributed by atoms with van der Waals surface area (Å²) in [5, 5.41) is 18.8. The van der Waals surface area contributed by atoms with Gasteiger partial charge in [0.15, 0.2) is 56.4 Å². The first-order valence-corrected chi connectivity index (χ1v) is 17.9. The Labute approximate surface area is 376 Å². The van der Waals surface area contributed by atoms with Crippen molar-refractivity contribution in [3.8, 4) is 0 Å². The summed E-state index contributed by atoms with van der Waals surface area (Å²) in [5.41, 5.74) is 12.4. The second-order valence-electron chi connectivity index (χ2n) is 8.94. The summed E-state index contributed by atoms with van der Waals surface area (Å²) >= 11 is -5.94. The number of carboxylic acids is 1. The average molecular weight is 1070 g/mol. The zero-order chi connectivity index (χ0) is 56.6. The van der Waals surface area contributed by atoms with Gasteiger partial charge < -0.3 is 65.5 Å². The van der Waals surface area contributed by atoms with Crippen molar-refractivity contribution in [3.63, 3.8) is 0 Å². The van der Waals surface area contributed by atoms with E-state index in [1.807, 2.05) is 5.48 Å². The number of aliphatic hydroxyl groups excluding tert-OH is 1. The zero-order valence-corrected chi connectivity index (χ0v) is 36.8. The minimum Gasteiger partial charge on any atom is -0.479 e. The van der Waals surface area contributed by atoms with E-state index >= 15 is 0 Å². The van der Waals surface area contributed by atoms with E-state index in [2.05, 4.69) is 60.0 Å². The third kappa shape index (κ3) is 233. The van der Waals surface area contributed by atoms with E-state index in [9.17, 15) is 38.4 Å². The van der Waals surface area contributed by atoms with Crippen molar-refractivity contribution < 1.29 is 142 Å². The van der Waals surface area contributed by atoms with E-state index in [4.69, 9.17) is 65.5 Å². The van der Waals surface area contributed by atoms with Crippen molar-refractivity contribution in [1.29, 1.82) is 0 Å². The van der Waals surface area contributed by atoms with Gasteiger partial charge in [0.25, 0.3) is 12.7 Å². The van der Waals surface area contributed by atoms with Crippen molar-refractivity contribution in [2.45, 2.75) is 39.3 Å². The third-order valence-electron chi connectivity index (χ3n) is 2.39. The molecule has 64 heavy (non-hydrogen) atoms. The number of primary amides is 4. The summed E-state index contributed by atoms with van der Waals surface area (Å²) in [6.45, 7) is 6.65. The lowest BCUT2D eigenvalue weighted by Gasteiger charge is -2.19. The standard InChI is InChI=1S/C7H14N2O4.C5H8N2O3.C3H7NO2.2C2H6N2O2.C2H5NO3.2C2H2O2.CH2O.IO4.2H3N/c1-7(2,3)13-6(11)9-12-4-5(8)10;1-4(8)2-7-10-3-5(6)9;4-3(1-5)2-6;2*3-2(5)1-6-4;3-6-1-2(4)5;2*3-1-2-4;1-2;2-1(3,4)5;;/h4H2,1-3H3,(H2,8,10)(H,9,11);2H,3H2,1H3,(H2,6,9);1,3,6H,2,4H2;2*1,4H2,(H2,3,5);1,3H2,(H,4,5);2*1-2H;1H2;;2*1H3/q;;;;;;;;;-1;;/p+3/b;7-2+;;;;;;;;;;/i/hD5. The van der Waals surface area contributed by atoms with Gasteiger partial charge >= 0.3 is 13.5 Å². The van der Waals surface area contributed by atoms with E-state index in [1.54, 1.807) is 43.7 Å². The van der Waals surface area contributed by atoms with E-state index in [0.717, 1.165) is 6.21 Å². The molecule has 28 N–H and O–H groups in total. The molecule has 0 aromatic heterocycles. The van der Waals surface area contributed by atoms with Crippen LogP contribution in [0.25, 0.3) is 0 Å². The molecule has 0 fully saturated rings. The summed E-state index contributed by atoms with van der Waals surface area (Å²) in [5.74, 6) is 9.55. The number of oxime groups is 1. The first-order chi connectivity index (χ1) is 31.5. The maximum Gasteiger partial charge on any atom is 0.431 e. The Balaban J connectivity index is -0.0000000539. The Morgan fingerprint density at radius 1 is 0.766 bits per heavy atom. The number of hydrogen-bond donors (Lipinski definition) is 13. The normalized spacial score (nSPS) is 9.62. The zero-order valence-electron chi connectivity index (χ0n) is 39.7. The fraction of sp³-hybridized carbons (Fsp3) is 0.462. The van der Waals surface area contributed by atoms with Crippen molar-refractivity contribution in [2.24, 2.45) is 51.5 Å². The van der Waals surface area contributed by atoms with Gasteiger partial charge in [-0.1, -0.05) is 5.16 Å². The summed E-state index contributed by atoms with van der Waals surface area (Å²) in [7, 11) is 0. The number of hydrogen-bond acceptors (Lipinski definition) is 28. The smallest absolute Gasteiger partial charge is 0.431 e. The number of hydroxylamine groups is 1. The molecule has 0 aliphatic heterocycles. The van der Waals surface area contributed by atoms with Gasteiger partial charge in [-0.25, -0.2) is 27.3 Å². The lowest BCUT2D eigenvalue weighted by molar-refractivity contribution is -2.00. The summed E-state index contributed by atoms with van der Waals surface area (Å²) in [6.07, 6.45) is 3.94. The van der Waals surface area contributed by atoms with Crippen LogP contribution in [0, 0.1) is 0 Å². The average Bonchev–Trinajstić information content (AvgIpc) is 3.28. The summed E-state index contributed by atoms with van der Waals surface area (Å²) in [4.78, 5) is 143. The van der Waals surface area contributed by atoms with Crippen molar-refractivity contribution in [1.82, 2.24) is 17.8 Å². The number of carbonyl (C=O) groups excluding carboxylic acids is 12. The number of aliphatic hydroxyl groups is 1. The molecule has 0 saturated heterocycles. The van der Waals surface area contributed by atoms with E-state index in [-0.39, 0.29) is 63.5 Å². The number of Topliss-reactive ketones (excluding diaryl/α,β-unsaturated/α-hetero) is 1. The third-order valence-corrected chi connectivity index (χ3v) is 2.39. The number of aliphatic carboxylic acids is 1. The van der Waals surface area contributed by atoms with Gasteiger partial charge in [0.2, 0.25) is 17.7 Å². The molecule has 0 heterocycles. The molecule has 0 aliphatic carbocycles. The van der Waals surface area contributed by atoms with Crippen LogP contribution in [-0.4, -0.2) is 152 Å². The highest BCUT2D eigenvalue weighted by Gasteiger charge is 2.16. The highest BCUT2D eigenvalue weighted by atomic mass is 127. The molecule has 37 nitrogen and oxygen atoms in total. The quantitative estimate of drug-likeness (QED) is 0.0161. The minimum absolute atomic E-state index is 0. The number of quaternary nitrogens is 2. The number of carboxylic acid groups (broad SMARTS) is 1. The number of rotatable bonds is 17. The molecule has 5 amide bonds.